The fraction of sp³-hybridized carbons (Fsp3) is 0.700. The molecule has 2 fully saturated rings. The number of nitrogens with zero attached hydrogens (tertiary/aromatic N) is 3. The van der Waals surface area contributed by atoms with Crippen molar-refractivity contribution in [2.75, 3.05) is 26.2 Å². The van der Waals surface area contributed by atoms with E-state index in [-0.39, 0.29) is 18.1 Å². The zero-order valence-electron chi connectivity index (χ0n) is 16.4. The van der Waals surface area contributed by atoms with Crippen LogP contribution < -0.4 is 4.74 Å². The fourth-order valence-electron chi connectivity index (χ4n) is 4.17. The van der Waals surface area contributed by atoms with Gasteiger partial charge in [-0.05, 0) is 45.2 Å². The summed E-state index contributed by atoms with van der Waals surface area (Å²) in [5, 5.41) is 0. The van der Waals surface area contributed by atoms with Gasteiger partial charge in [0.1, 0.15) is 23.8 Å². The summed E-state index contributed by atoms with van der Waals surface area (Å²) < 4.78 is 44.2. The van der Waals surface area contributed by atoms with E-state index in [0.29, 0.717) is 18.2 Å². The van der Waals surface area contributed by atoms with Gasteiger partial charge >= 0.3 is 6.18 Å². The van der Waals surface area contributed by atoms with Crippen molar-refractivity contribution in [3.8, 4) is 5.75 Å². The summed E-state index contributed by atoms with van der Waals surface area (Å²) in [6, 6.07) is 2.86. The summed E-state index contributed by atoms with van der Waals surface area (Å²) in [7, 11) is 0. The number of rotatable bonds is 5. The van der Waals surface area contributed by atoms with Crippen LogP contribution in [-0.4, -0.2) is 65.4 Å². The molecule has 3 atom stereocenters. The highest BCUT2D eigenvalue weighted by Gasteiger charge is 2.37. The van der Waals surface area contributed by atoms with E-state index in [9.17, 15) is 18.0 Å². The van der Waals surface area contributed by atoms with Crippen molar-refractivity contribution in [2.45, 2.75) is 57.5 Å². The molecule has 3 unspecified atom stereocenters. The smallest absolute Gasteiger partial charge is 0.433 e. The van der Waals surface area contributed by atoms with Crippen LogP contribution in [-0.2, 0) is 11.0 Å². The maximum Gasteiger partial charge on any atom is 0.433 e. The molecule has 1 saturated heterocycles. The highest BCUT2D eigenvalue weighted by Crippen LogP contribution is 2.32. The second-order valence-corrected chi connectivity index (χ2v) is 7.98. The van der Waals surface area contributed by atoms with Gasteiger partial charge in [0.05, 0.1) is 6.20 Å². The molecule has 0 aromatic carbocycles. The van der Waals surface area contributed by atoms with Crippen LogP contribution in [0.4, 0.5) is 13.2 Å². The van der Waals surface area contributed by atoms with Gasteiger partial charge in [-0.1, -0.05) is 0 Å². The predicted octanol–water partition coefficient (Wildman–Crippen LogP) is 3.24. The van der Waals surface area contributed by atoms with Crippen LogP contribution in [0.1, 0.15) is 38.8 Å². The second-order valence-electron chi connectivity index (χ2n) is 7.98. The second kappa shape index (κ2) is 8.78. The third kappa shape index (κ3) is 5.03. The topological polar surface area (TPSA) is 45.7 Å². The summed E-state index contributed by atoms with van der Waals surface area (Å²) in [4.78, 5) is 19.6. The minimum absolute atomic E-state index is 0.0127. The molecule has 3 rings (SSSR count). The predicted molar refractivity (Wildman–Crippen MR) is 99.1 cm³/mol. The standard InChI is InChI=1S/C20H28F3N3O2/c1-14(2)25-7-9-26(10-8-25)17-11-15(13-27)3-5-18(17)28-16-4-6-19(24-12-16)20(21,22)23/h4,6,12-15,17-18H,3,5,7-11H2,1-2H3. The van der Waals surface area contributed by atoms with Gasteiger partial charge in [-0.3, -0.25) is 9.80 Å². The van der Waals surface area contributed by atoms with Gasteiger partial charge < -0.3 is 9.53 Å². The first kappa shape index (κ1) is 21.0. The van der Waals surface area contributed by atoms with E-state index in [4.69, 9.17) is 4.74 Å². The van der Waals surface area contributed by atoms with Gasteiger partial charge in [0.15, 0.2) is 0 Å². The van der Waals surface area contributed by atoms with Gasteiger partial charge in [-0.25, -0.2) is 4.98 Å². The van der Waals surface area contributed by atoms with Crippen LogP contribution >= 0.6 is 0 Å². The Morgan fingerprint density at radius 3 is 2.43 bits per heavy atom. The SMILES string of the molecule is CC(C)N1CCN(C2CC(C=O)CCC2Oc2ccc(C(F)(F)F)nc2)CC1. The third-order valence-electron chi connectivity index (χ3n) is 5.85. The number of alkyl halides is 3. The number of aldehydes is 1. The Morgan fingerprint density at radius 1 is 1.18 bits per heavy atom. The molecule has 0 radical (unpaired) electrons. The lowest BCUT2D eigenvalue weighted by Crippen LogP contribution is -2.57. The molecule has 8 heteroatoms. The van der Waals surface area contributed by atoms with E-state index in [1.807, 2.05) is 0 Å². The molecule has 0 spiro atoms. The lowest BCUT2D eigenvalue weighted by Gasteiger charge is -2.45. The van der Waals surface area contributed by atoms with Crippen molar-refractivity contribution < 1.29 is 22.7 Å². The minimum Gasteiger partial charge on any atom is -0.487 e. The summed E-state index contributed by atoms with van der Waals surface area (Å²) in [6.45, 7) is 8.10. The van der Waals surface area contributed by atoms with Crippen molar-refractivity contribution in [1.29, 1.82) is 0 Å². The van der Waals surface area contributed by atoms with Gasteiger partial charge in [0.2, 0.25) is 0 Å². The molecule has 1 aliphatic heterocycles. The number of carbonyl (C=O) groups excluding carboxylic acids is 1. The number of piperazine rings is 1. The first-order valence-corrected chi connectivity index (χ1v) is 9.91. The first-order chi connectivity index (χ1) is 13.3. The highest BCUT2D eigenvalue weighted by molar-refractivity contribution is 5.53. The maximum absolute atomic E-state index is 12.7. The van der Waals surface area contributed by atoms with Crippen LogP contribution in [0.5, 0.6) is 5.75 Å². The average Bonchev–Trinajstić information content (AvgIpc) is 2.68. The number of halogens is 3. The molecule has 1 saturated carbocycles. The van der Waals surface area contributed by atoms with Crippen molar-refractivity contribution in [3.63, 3.8) is 0 Å². The molecule has 0 amide bonds. The maximum atomic E-state index is 12.7. The number of pyridine rings is 1. The van der Waals surface area contributed by atoms with Crippen molar-refractivity contribution in [3.05, 3.63) is 24.0 Å². The monoisotopic (exact) mass is 399 g/mol. The van der Waals surface area contributed by atoms with Crippen molar-refractivity contribution in [1.82, 2.24) is 14.8 Å². The molecular formula is C20H28F3N3O2. The Labute approximate surface area is 163 Å². The number of hydrogen-bond acceptors (Lipinski definition) is 5. The Hall–Kier alpha value is -1.67. The van der Waals surface area contributed by atoms with E-state index >= 15 is 0 Å². The van der Waals surface area contributed by atoms with Crippen molar-refractivity contribution in [2.24, 2.45) is 5.92 Å². The normalized spacial score (nSPS) is 27.7. The minimum atomic E-state index is -4.46. The summed E-state index contributed by atoms with van der Waals surface area (Å²) >= 11 is 0. The lowest BCUT2D eigenvalue weighted by atomic mass is 9.83. The van der Waals surface area contributed by atoms with Crippen LogP contribution in [0.3, 0.4) is 0 Å². The molecule has 2 aliphatic rings. The van der Waals surface area contributed by atoms with Gasteiger partial charge in [0, 0.05) is 44.2 Å². The highest BCUT2D eigenvalue weighted by atomic mass is 19.4. The van der Waals surface area contributed by atoms with E-state index in [0.717, 1.165) is 57.6 Å². The quantitative estimate of drug-likeness (QED) is 0.712. The van der Waals surface area contributed by atoms with Crippen molar-refractivity contribution >= 4 is 6.29 Å². The molecular weight excluding hydrogens is 371 g/mol. The average molecular weight is 399 g/mol. The lowest BCUT2D eigenvalue weighted by molar-refractivity contribution is -0.141. The molecule has 156 valence electrons. The van der Waals surface area contributed by atoms with E-state index in [1.54, 1.807) is 0 Å². The van der Waals surface area contributed by atoms with E-state index in [2.05, 4.69) is 28.6 Å². The Morgan fingerprint density at radius 2 is 1.89 bits per heavy atom. The van der Waals surface area contributed by atoms with Gasteiger partial charge in [-0.2, -0.15) is 13.2 Å². The Balaban J connectivity index is 1.68. The first-order valence-electron chi connectivity index (χ1n) is 9.91. The fourth-order valence-corrected chi connectivity index (χ4v) is 4.17. The molecule has 1 aromatic rings. The molecule has 0 bridgehead atoms. The molecule has 1 aromatic heterocycles. The summed E-state index contributed by atoms with van der Waals surface area (Å²) in [6.07, 6.45) is -0.275. The van der Waals surface area contributed by atoms with E-state index in [1.165, 1.54) is 6.07 Å². The largest absolute Gasteiger partial charge is 0.487 e. The van der Waals surface area contributed by atoms with Crippen LogP contribution in [0, 0.1) is 5.92 Å². The van der Waals surface area contributed by atoms with Crippen LogP contribution in [0.2, 0.25) is 0 Å². The molecule has 1 aliphatic carbocycles. The zero-order chi connectivity index (χ0) is 20.3. The Bertz CT molecular complexity index is 643. The zero-order valence-corrected chi connectivity index (χ0v) is 16.4. The summed E-state index contributed by atoms with van der Waals surface area (Å²) in [5.41, 5.74) is -0.925. The van der Waals surface area contributed by atoms with Crippen LogP contribution in [0.15, 0.2) is 18.3 Å². The third-order valence-corrected chi connectivity index (χ3v) is 5.85. The van der Waals surface area contributed by atoms with Crippen LogP contribution in [0.25, 0.3) is 0 Å². The number of aromatic nitrogens is 1. The number of ether oxygens (including phenoxy) is 1. The number of hydrogen-bond donors (Lipinski definition) is 0. The van der Waals surface area contributed by atoms with E-state index < -0.39 is 11.9 Å². The molecule has 28 heavy (non-hydrogen) atoms. The molecule has 2 heterocycles. The van der Waals surface area contributed by atoms with Gasteiger partial charge in [0.25, 0.3) is 0 Å². The Kier molecular flexibility index (Phi) is 6.60. The molecule has 0 N–H and O–H groups in total. The summed E-state index contributed by atoms with van der Waals surface area (Å²) in [5.74, 6) is 0.354. The molecule has 5 nitrogen and oxygen atoms in total. The van der Waals surface area contributed by atoms with Gasteiger partial charge in [-0.15, -0.1) is 0 Å². The number of carbonyl (C=O) groups is 1.